The molecule has 35 heavy (non-hydrogen) atoms. The molecule has 0 N–H and O–H groups in total. The van der Waals surface area contributed by atoms with Crippen molar-refractivity contribution < 1.29 is 12.4 Å². The van der Waals surface area contributed by atoms with Crippen LogP contribution in [-0.2, 0) is 6.16 Å². The molecule has 0 aliphatic rings. The second kappa shape index (κ2) is 11.2. The summed E-state index contributed by atoms with van der Waals surface area (Å²) in [4.78, 5) is 0. The number of halogens is 4. The van der Waals surface area contributed by atoms with Gasteiger partial charge in [0.1, 0.15) is 23.2 Å². The summed E-state index contributed by atoms with van der Waals surface area (Å²) in [6.45, 7) is 11.3. The zero-order valence-electron chi connectivity index (χ0n) is 20.6. The average Bonchev–Trinajstić information content (AvgIpc) is 2.84. The molecule has 0 radical (unpaired) electrons. The summed E-state index contributed by atoms with van der Waals surface area (Å²) in [5.41, 5.74) is 8.31. The molecule has 0 spiro atoms. The fourth-order valence-corrected chi connectivity index (χ4v) is 9.60. The maximum absolute atomic E-state index is 6.34. The third kappa shape index (κ3) is 5.29. The third-order valence-corrected chi connectivity index (χ3v) is 12.4. The predicted octanol–water partition coefficient (Wildman–Crippen LogP) is 5.69. The van der Waals surface area contributed by atoms with Crippen LogP contribution in [-0.4, -0.2) is 0 Å². The highest BCUT2D eigenvalue weighted by Crippen LogP contribution is 2.59. The van der Waals surface area contributed by atoms with Gasteiger partial charge in [0.25, 0.3) is 0 Å². The Balaban J connectivity index is 0.00000342. The molecule has 4 aromatic rings. The molecule has 0 saturated heterocycles. The monoisotopic (exact) mass is 560 g/mol. The summed E-state index contributed by atoms with van der Waals surface area (Å²) in [6.07, 6.45) is 0.914. The average molecular weight is 562 g/mol. The Morgan fingerprint density at radius 1 is 0.457 bits per heavy atom. The smallest absolute Gasteiger partial charge is 0.116 e. The summed E-state index contributed by atoms with van der Waals surface area (Å²) >= 11 is 19.0. The molecule has 0 heterocycles. The number of hydrogen-bond donors (Lipinski definition) is 0. The lowest BCUT2D eigenvalue weighted by Crippen LogP contribution is -3.00. The predicted molar refractivity (Wildman–Crippen MR) is 154 cm³/mol. The lowest BCUT2D eigenvalue weighted by molar-refractivity contribution is -0.00000672. The molecule has 5 heteroatoms. The van der Waals surface area contributed by atoms with E-state index < -0.39 is 7.26 Å². The van der Waals surface area contributed by atoms with E-state index in [0.29, 0.717) is 0 Å². The topological polar surface area (TPSA) is 0 Å². The standard InChI is InChI=1S/C30H29Cl3P.ClH/c1-19-20(2)22(4)30(23(5)21(19)3)18-34(27-12-6-24(31)7-13-27,28-14-8-25(32)9-15-28)29-16-10-26(33)11-17-29;/h6-17H,18H2,1-5H3;1H/q+1;/p-1. The van der Waals surface area contributed by atoms with Gasteiger partial charge < -0.3 is 12.4 Å². The van der Waals surface area contributed by atoms with Gasteiger partial charge in [0.2, 0.25) is 0 Å². The first-order valence-corrected chi connectivity index (χ1v) is 14.5. The fourth-order valence-electron chi connectivity index (χ4n) is 4.86. The van der Waals surface area contributed by atoms with Crippen LogP contribution in [0.3, 0.4) is 0 Å². The highest BCUT2D eigenvalue weighted by atomic mass is 35.5. The zero-order chi connectivity index (χ0) is 24.6. The van der Waals surface area contributed by atoms with E-state index in [1.165, 1.54) is 49.3 Å². The summed E-state index contributed by atoms with van der Waals surface area (Å²) in [5, 5.41) is 6.08. The second-order valence-corrected chi connectivity index (χ2v) is 13.8. The van der Waals surface area contributed by atoms with E-state index in [2.05, 4.69) is 71.0 Å². The van der Waals surface area contributed by atoms with Crippen LogP contribution < -0.4 is 28.3 Å². The molecular weight excluding hydrogens is 533 g/mol. The van der Waals surface area contributed by atoms with Gasteiger partial charge in [0.05, 0.1) is 6.16 Å². The van der Waals surface area contributed by atoms with Crippen molar-refractivity contribution in [3.8, 4) is 0 Å². The second-order valence-electron chi connectivity index (χ2n) is 9.00. The molecule has 0 unspecified atom stereocenters. The molecule has 0 aromatic heterocycles. The van der Waals surface area contributed by atoms with Crippen LogP contribution in [0, 0.1) is 34.6 Å². The van der Waals surface area contributed by atoms with Crippen molar-refractivity contribution in [3.05, 3.63) is 121 Å². The van der Waals surface area contributed by atoms with E-state index >= 15 is 0 Å². The first-order valence-electron chi connectivity index (χ1n) is 11.4. The maximum atomic E-state index is 6.34. The van der Waals surface area contributed by atoms with E-state index in [9.17, 15) is 0 Å². The Bertz CT molecular complexity index is 1190. The van der Waals surface area contributed by atoms with Crippen LogP contribution in [0.4, 0.5) is 0 Å². The Labute approximate surface area is 231 Å². The van der Waals surface area contributed by atoms with Crippen LogP contribution in [0.25, 0.3) is 0 Å². The third-order valence-electron chi connectivity index (χ3n) is 7.35. The molecule has 0 nitrogen and oxygen atoms in total. The Hall–Kier alpha value is -1.53. The van der Waals surface area contributed by atoms with E-state index in [-0.39, 0.29) is 12.4 Å². The van der Waals surface area contributed by atoms with Crippen LogP contribution >= 0.6 is 42.1 Å². The van der Waals surface area contributed by atoms with Crippen molar-refractivity contribution in [2.45, 2.75) is 40.8 Å². The van der Waals surface area contributed by atoms with Gasteiger partial charge in [0.15, 0.2) is 0 Å². The molecule has 0 amide bonds. The van der Waals surface area contributed by atoms with Crippen LogP contribution in [0.2, 0.25) is 15.1 Å². The summed E-state index contributed by atoms with van der Waals surface area (Å²) < 4.78 is 0. The quantitative estimate of drug-likeness (QED) is 0.275. The summed E-state index contributed by atoms with van der Waals surface area (Å²) in [5.74, 6) is 0. The van der Waals surface area contributed by atoms with Gasteiger partial charge in [0, 0.05) is 15.1 Å². The van der Waals surface area contributed by atoms with Crippen molar-refractivity contribution in [1.82, 2.24) is 0 Å². The normalized spacial score (nSPS) is 11.3. The Morgan fingerprint density at radius 2 is 0.714 bits per heavy atom. The molecule has 0 saturated carbocycles. The number of hydrogen-bond acceptors (Lipinski definition) is 0. The molecule has 0 fully saturated rings. The first kappa shape index (κ1) is 28.0. The van der Waals surface area contributed by atoms with Gasteiger partial charge in [-0.3, -0.25) is 0 Å². The van der Waals surface area contributed by atoms with E-state index in [4.69, 9.17) is 34.8 Å². The largest absolute Gasteiger partial charge is 1.00 e. The minimum absolute atomic E-state index is 0. The van der Waals surface area contributed by atoms with Gasteiger partial charge >= 0.3 is 0 Å². The van der Waals surface area contributed by atoms with Gasteiger partial charge in [-0.2, -0.15) is 0 Å². The highest BCUT2D eigenvalue weighted by molar-refractivity contribution is 7.95. The van der Waals surface area contributed by atoms with Crippen LogP contribution in [0.15, 0.2) is 72.8 Å². The Morgan fingerprint density at radius 3 is 1.00 bits per heavy atom. The maximum Gasteiger partial charge on any atom is 0.116 e. The van der Waals surface area contributed by atoms with Gasteiger partial charge in [-0.05, 0) is 141 Å². The molecular formula is C30H29Cl4P. The van der Waals surface area contributed by atoms with E-state index in [1.54, 1.807) is 0 Å². The van der Waals surface area contributed by atoms with Crippen molar-refractivity contribution in [3.63, 3.8) is 0 Å². The minimum atomic E-state index is -2.12. The Kier molecular flexibility index (Phi) is 9.01. The fraction of sp³-hybridized carbons (Fsp3) is 0.200. The lowest BCUT2D eigenvalue weighted by Gasteiger charge is -2.30. The number of benzene rings is 4. The van der Waals surface area contributed by atoms with Crippen molar-refractivity contribution in [2.24, 2.45) is 0 Å². The molecule has 0 atom stereocenters. The van der Waals surface area contributed by atoms with Crippen molar-refractivity contribution in [2.75, 3.05) is 0 Å². The molecule has 4 aromatic carbocycles. The molecule has 4 rings (SSSR count). The van der Waals surface area contributed by atoms with Crippen LogP contribution in [0.5, 0.6) is 0 Å². The van der Waals surface area contributed by atoms with Gasteiger partial charge in [-0.15, -0.1) is 0 Å². The molecule has 0 bridgehead atoms. The molecule has 0 aliphatic carbocycles. The van der Waals surface area contributed by atoms with Gasteiger partial charge in [-0.1, -0.05) is 34.8 Å². The molecule has 182 valence electrons. The number of rotatable bonds is 5. The van der Waals surface area contributed by atoms with Gasteiger partial charge in [-0.25, -0.2) is 0 Å². The highest BCUT2D eigenvalue weighted by Gasteiger charge is 2.46. The lowest BCUT2D eigenvalue weighted by atomic mass is 9.90. The SMILES string of the molecule is Cc1c(C)c(C)c(C[P+](c2ccc(Cl)cc2)(c2ccc(Cl)cc2)c2ccc(Cl)cc2)c(C)c1C.[Cl-]. The zero-order valence-corrected chi connectivity index (χ0v) is 24.5. The van der Waals surface area contributed by atoms with Crippen LogP contribution in [0.1, 0.15) is 33.4 Å². The van der Waals surface area contributed by atoms with E-state index in [0.717, 1.165) is 21.2 Å². The first-order chi connectivity index (χ1) is 16.1. The van der Waals surface area contributed by atoms with E-state index in [1.807, 2.05) is 36.4 Å². The molecule has 0 aliphatic heterocycles. The minimum Gasteiger partial charge on any atom is -1.00 e. The van der Waals surface area contributed by atoms with Crippen molar-refractivity contribution in [1.29, 1.82) is 0 Å². The van der Waals surface area contributed by atoms with Crippen molar-refractivity contribution >= 4 is 58.0 Å². The summed E-state index contributed by atoms with van der Waals surface area (Å²) in [7, 11) is -2.12. The summed E-state index contributed by atoms with van der Waals surface area (Å²) in [6, 6.07) is 25.2.